The molecule has 0 radical (unpaired) electrons. The highest BCUT2D eigenvalue weighted by molar-refractivity contribution is 6.07. The number of nitrogens with one attached hydrogen (secondary N) is 3. The number of urea groups is 1. The molecule has 2 aliphatic rings. The summed E-state index contributed by atoms with van der Waals surface area (Å²) < 4.78 is 0. The van der Waals surface area contributed by atoms with Crippen molar-refractivity contribution in [3.63, 3.8) is 0 Å². The van der Waals surface area contributed by atoms with E-state index in [1.165, 1.54) is 5.56 Å². The molecule has 9 heteroatoms. The number of piperidine rings is 1. The van der Waals surface area contributed by atoms with Crippen LogP contribution in [0, 0.1) is 0 Å². The number of hydrazine groups is 1. The minimum atomic E-state index is -0.951. The van der Waals surface area contributed by atoms with Crippen molar-refractivity contribution in [2.24, 2.45) is 0 Å². The second-order valence-electron chi connectivity index (χ2n) is 6.87. The van der Waals surface area contributed by atoms with E-state index in [0.717, 1.165) is 30.9 Å². The van der Waals surface area contributed by atoms with E-state index in [-0.39, 0.29) is 12.5 Å². The molecule has 1 atom stereocenters. The lowest BCUT2D eigenvalue weighted by Gasteiger charge is -2.31. The van der Waals surface area contributed by atoms with Gasteiger partial charge in [-0.15, -0.1) is 0 Å². The summed E-state index contributed by atoms with van der Waals surface area (Å²) in [6, 6.07) is -0.582. The van der Waals surface area contributed by atoms with Crippen LogP contribution in [0.5, 0.6) is 0 Å². The smallest absolute Gasteiger partial charge is 0.322 e. The van der Waals surface area contributed by atoms with E-state index in [0.29, 0.717) is 12.3 Å². The van der Waals surface area contributed by atoms with Crippen LogP contribution in [0.1, 0.15) is 44.6 Å². The number of amides is 4. The van der Waals surface area contributed by atoms with E-state index < -0.39 is 17.5 Å². The second-order valence-corrected chi connectivity index (χ2v) is 6.87. The topological polar surface area (TPSA) is 110 Å². The number of likely N-dealkylation sites (tertiary alicyclic amines) is 1. The number of carbonyl (C=O) groups is 3. The minimum absolute atomic E-state index is 0.165. The van der Waals surface area contributed by atoms with Crippen LogP contribution in [0.4, 0.5) is 4.79 Å². The highest BCUT2D eigenvalue weighted by Gasteiger charge is 2.47. The molecule has 4 amide bonds. The standard InChI is InChI=1S/C16H24N6O3/c1-3-16(2)14(24)22(15(25)19-16)20-13(23)10-21-6-4-11(5-7-21)12-8-17-18-9-12/h8-9,11H,3-7,10H2,1-2H3,(H,17,18)(H,19,25)(H,20,23)/t16-/m1/s1. The summed E-state index contributed by atoms with van der Waals surface area (Å²) in [6.07, 6.45) is 6.11. The minimum Gasteiger partial charge on any atom is -0.322 e. The van der Waals surface area contributed by atoms with Crippen molar-refractivity contribution in [1.29, 1.82) is 0 Å². The fourth-order valence-electron chi connectivity index (χ4n) is 3.30. The molecule has 9 nitrogen and oxygen atoms in total. The molecule has 25 heavy (non-hydrogen) atoms. The Kier molecular flexibility index (Phi) is 4.76. The van der Waals surface area contributed by atoms with Gasteiger partial charge in [-0.1, -0.05) is 6.92 Å². The first kappa shape index (κ1) is 17.4. The van der Waals surface area contributed by atoms with Crippen molar-refractivity contribution in [2.45, 2.75) is 44.6 Å². The summed E-state index contributed by atoms with van der Waals surface area (Å²) in [6.45, 7) is 5.21. The van der Waals surface area contributed by atoms with Gasteiger partial charge in [-0.25, -0.2) is 4.79 Å². The van der Waals surface area contributed by atoms with Gasteiger partial charge in [-0.05, 0) is 50.8 Å². The molecular formula is C16H24N6O3. The Morgan fingerprint density at radius 1 is 1.40 bits per heavy atom. The number of imide groups is 1. The van der Waals surface area contributed by atoms with E-state index in [9.17, 15) is 14.4 Å². The fraction of sp³-hybridized carbons (Fsp3) is 0.625. The second kappa shape index (κ2) is 6.83. The summed E-state index contributed by atoms with van der Waals surface area (Å²) in [5.74, 6) is -0.327. The molecule has 0 saturated carbocycles. The van der Waals surface area contributed by atoms with Crippen LogP contribution in [-0.4, -0.2) is 63.1 Å². The number of rotatable bonds is 5. The van der Waals surface area contributed by atoms with Crippen LogP contribution in [0.3, 0.4) is 0 Å². The van der Waals surface area contributed by atoms with Crippen LogP contribution in [0.15, 0.2) is 12.4 Å². The predicted molar refractivity (Wildman–Crippen MR) is 89.2 cm³/mol. The van der Waals surface area contributed by atoms with E-state index in [2.05, 4.69) is 20.9 Å². The van der Waals surface area contributed by atoms with Crippen molar-refractivity contribution in [2.75, 3.05) is 19.6 Å². The van der Waals surface area contributed by atoms with Crippen LogP contribution >= 0.6 is 0 Å². The van der Waals surface area contributed by atoms with Gasteiger partial charge in [0, 0.05) is 6.20 Å². The van der Waals surface area contributed by atoms with Crippen LogP contribution in [0.2, 0.25) is 0 Å². The molecule has 3 N–H and O–H groups in total. The molecule has 0 spiro atoms. The Labute approximate surface area is 146 Å². The van der Waals surface area contributed by atoms with Crippen molar-refractivity contribution in [3.05, 3.63) is 18.0 Å². The summed E-state index contributed by atoms with van der Waals surface area (Å²) in [5.41, 5.74) is 2.68. The third-order valence-electron chi connectivity index (χ3n) is 5.15. The van der Waals surface area contributed by atoms with Crippen molar-refractivity contribution in [1.82, 2.24) is 30.8 Å². The number of hydrogen-bond donors (Lipinski definition) is 3. The molecule has 0 aromatic carbocycles. The first-order chi connectivity index (χ1) is 11.9. The molecule has 2 saturated heterocycles. The summed E-state index contributed by atoms with van der Waals surface area (Å²) in [7, 11) is 0. The van der Waals surface area contributed by atoms with Crippen molar-refractivity contribution < 1.29 is 14.4 Å². The van der Waals surface area contributed by atoms with E-state index in [1.807, 2.05) is 24.2 Å². The van der Waals surface area contributed by atoms with Crippen LogP contribution < -0.4 is 10.7 Å². The Morgan fingerprint density at radius 2 is 2.12 bits per heavy atom. The Balaban J connectivity index is 1.49. The number of H-pyrrole nitrogens is 1. The zero-order chi connectivity index (χ0) is 18.0. The molecule has 2 fully saturated rings. The quantitative estimate of drug-likeness (QED) is 0.665. The molecule has 0 aliphatic carbocycles. The van der Waals surface area contributed by atoms with Gasteiger partial charge >= 0.3 is 6.03 Å². The summed E-state index contributed by atoms with van der Waals surface area (Å²) in [4.78, 5) is 38.5. The maximum absolute atomic E-state index is 12.3. The predicted octanol–water partition coefficient (Wildman–Crippen LogP) is 0.341. The third-order valence-corrected chi connectivity index (χ3v) is 5.15. The Morgan fingerprint density at radius 3 is 2.68 bits per heavy atom. The molecule has 1 aromatic heterocycles. The zero-order valence-electron chi connectivity index (χ0n) is 14.5. The molecular weight excluding hydrogens is 324 g/mol. The van der Waals surface area contributed by atoms with Gasteiger partial charge in [0.15, 0.2) is 0 Å². The lowest BCUT2D eigenvalue weighted by Crippen LogP contribution is -2.51. The van der Waals surface area contributed by atoms with Crippen LogP contribution in [0.25, 0.3) is 0 Å². The van der Waals surface area contributed by atoms with E-state index in [1.54, 1.807) is 6.92 Å². The monoisotopic (exact) mass is 348 g/mol. The average molecular weight is 348 g/mol. The average Bonchev–Trinajstić information content (AvgIpc) is 3.20. The number of aromatic amines is 1. The molecule has 0 bridgehead atoms. The molecule has 3 heterocycles. The highest BCUT2D eigenvalue weighted by Crippen LogP contribution is 2.27. The SMILES string of the molecule is CC[C@@]1(C)NC(=O)N(NC(=O)CN2CCC(c3cn[nH]c3)CC2)C1=O. The molecule has 136 valence electrons. The molecule has 3 rings (SSSR count). The Bertz CT molecular complexity index is 653. The summed E-state index contributed by atoms with van der Waals surface area (Å²) >= 11 is 0. The van der Waals surface area contributed by atoms with E-state index in [4.69, 9.17) is 0 Å². The zero-order valence-corrected chi connectivity index (χ0v) is 14.5. The normalized spacial score (nSPS) is 25.3. The van der Waals surface area contributed by atoms with Gasteiger partial charge in [-0.3, -0.25) is 25.0 Å². The van der Waals surface area contributed by atoms with Gasteiger partial charge in [-0.2, -0.15) is 10.1 Å². The van der Waals surface area contributed by atoms with Crippen LogP contribution in [-0.2, 0) is 9.59 Å². The molecule has 2 aliphatic heterocycles. The van der Waals surface area contributed by atoms with Crippen molar-refractivity contribution in [3.8, 4) is 0 Å². The number of carbonyl (C=O) groups excluding carboxylic acids is 3. The third kappa shape index (κ3) is 3.51. The Hall–Kier alpha value is -2.42. The van der Waals surface area contributed by atoms with Gasteiger partial charge in [0.1, 0.15) is 5.54 Å². The number of aromatic nitrogens is 2. The van der Waals surface area contributed by atoms with Gasteiger partial charge in [0.25, 0.3) is 11.8 Å². The summed E-state index contributed by atoms with van der Waals surface area (Å²) in [5, 5.41) is 10.2. The van der Waals surface area contributed by atoms with E-state index >= 15 is 0 Å². The first-order valence-corrected chi connectivity index (χ1v) is 8.60. The van der Waals surface area contributed by atoms with Gasteiger partial charge in [0.2, 0.25) is 0 Å². The molecule has 0 unspecified atom stereocenters. The first-order valence-electron chi connectivity index (χ1n) is 8.60. The number of nitrogens with zero attached hydrogens (tertiary/aromatic N) is 3. The largest absolute Gasteiger partial charge is 0.344 e. The highest BCUT2D eigenvalue weighted by atomic mass is 16.2. The lowest BCUT2D eigenvalue weighted by molar-refractivity contribution is -0.139. The van der Waals surface area contributed by atoms with Gasteiger partial charge in [0.05, 0.1) is 12.7 Å². The molecule has 1 aromatic rings. The van der Waals surface area contributed by atoms with Gasteiger partial charge < -0.3 is 5.32 Å². The lowest BCUT2D eigenvalue weighted by atomic mass is 9.92. The maximum atomic E-state index is 12.3. The van der Waals surface area contributed by atoms with Crippen molar-refractivity contribution >= 4 is 17.8 Å². The fourth-order valence-corrected chi connectivity index (χ4v) is 3.30. The number of hydrogen-bond acceptors (Lipinski definition) is 5. The maximum Gasteiger partial charge on any atom is 0.344 e.